The van der Waals surface area contributed by atoms with Crippen molar-refractivity contribution in [3.63, 3.8) is 0 Å². The van der Waals surface area contributed by atoms with Gasteiger partial charge >= 0.3 is 0 Å². The van der Waals surface area contributed by atoms with Gasteiger partial charge in [-0.3, -0.25) is 0 Å². The first-order valence-electron chi connectivity index (χ1n) is 5.87. The Balaban J connectivity index is 2.43. The quantitative estimate of drug-likeness (QED) is 0.610. The molecule has 2 rings (SSSR count). The molecule has 0 amide bonds. The van der Waals surface area contributed by atoms with E-state index in [0.717, 1.165) is 10.0 Å². The lowest BCUT2D eigenvalue weighted by Crippen LogP contribution is -2.00. The summed E-state index contributed by atoms with van der Waals surface area (Å²) in [5.74, 6) is -0.167. The topological polar surface area (TPSA) is 9.23 Å². The van der Waals surface area contributed by atoms with Crippen LogP contribution in [0.25, 0.3) is 0 Å². The van der Waals surface area contributed by atoms with E-state index in [1.165, 1.54) is 19.1 Å². The lowest BCUT2D eigenvalue weighted by atomic mass is 10.0. The van der Waals surface area contributed by atoms with Gasteiger partial charge in [-0.05, 0) is 58.2 Å². The van der Waals surface area contributed by atoms with Gasteiger partial charge in [0.25, 0.3) is 0 Å². The summed E-state index contributed by atoms with van der Waals surface area (Å²) < 4.78 is 33.5. The maximum absolute atomic E-state index is 14.0. The summed E-state index contributed by atoms with van der Waals surface area (Å²) in [6, 6.07) is 7.82. The van der Waals surface area contributed by atoms with E-state index in [1.54, 1.807) is 19.2 Å². The Morgan fingerprint density at radius 1 is 1.10 bits per heavy atom. The minimum absolute atomic E-state index is 0.269. The van der Waals surface area contributed by atoms with E-state index in [9.17, 15) is 8.78 Å². The van der Waals surface area contributed by atoms with E-state index < -0.39 is 16.5 Å². The Hall–Kier alpha value is -0.940. The molecule has 0 spiro atoms. The monoisotopic (exact) mass is 404 g/mol. The summed E-state index contributed by atoms with van der Waals surface area (Å²) >= 11 is 6.80. The largest absolute Gasteiger partial charge is 0.496 e. The summed E-state index contributed by atoms with van der Waals surface area (Å²) in [5, 5.41) is 0. The van der Waals surface area contributed by atoms with E-state index in [0.29, 0.717) is 11.3 Å². The lowest BCUT2D eigenvalue weighted by molar-refractivity contribution is 0.412. The van der Waals surface area contributed by atoms with Gasteiger partial charge in [0.05, 0.1) is 16.4 Å². The van der Waals surface area contributed by atoms with Crippen molar-refractivity contribution in [3.8, 4) is 5.75 Å². The van der Waals surface area contributed by atoms with Gasteiger partial charge < -0.3 is 4.74 Å². The van der Waals surface area contributed by atoms with E-state index in [1.807, 2.05) is 6.07 Å². The molecule has 0 bridgehead atoms. The number of halogens is 4. The summed E-state index contributed by atoms with van der Waals surface area (Å²) in [4.78, 5) is -0.431. The zero-order valence-electron chi connectivity index (χ0n) is 10.9. The highest BCUT2D eigenvalue weighted by Crippen LogP contribution is 2.36. The van der Waals surface area contributed by atoms with Crippen LogP contribution in [0.15, 0.2) is 34.8 Å². The molecule has 106 valence electrons. The Bertz CT molecular complexity index is 644. The van der Waals surface area contributed by atoms with Crippen molar-refractivity contribution in [2.75, 3.05) is 7.11 Å². The third-order valence-electron chi connectivity index (χ3n) is 3.02. The Labute approximate surface area is 133 Å². The first-order chi connectivity index (χ1) is 9.43. The normalized spacial score (nSPS) is 12.3. The molecule has 0 aliphatic heterocycles. The molecule has 5 heteroatoms. The number of methoxy groups -OCH3 is 1. The summed E-state index contributed by atoms with van der Waals surface area (Å²) in [6.07, 6.45) is 0. The van der Waals surface area contributed by atoms with Crippen LogP contribution in [0.2, 0.25) is 0 Å². The molecule has 2 aromatic carbocycles. The molecule has 0 saturated heterocycles. The number of alkyl halides is 1. The fourth-order valence-electron chi connectivity index (χ4n) is 1.88. The van der Waals surface area contributed by atoms with Crippen molar-refractivity contribution in [3.05, 3.63) is 63.1 Å². The average molecular weight is 406 g/mol. The van der Waals surface area contributed by atoms with E-state index in [2.05, 4.69) is 31.9 Å². The van der Waals surface area contributed by atoms with Crippen LogP contribution in [-0.2, 0) is 0 Å². The van der Waals surface area contributed by atoms with Crippen LogP contribution < -0.4 is 4.74 Å². The van der Waals surface area contributed by atoms with Gasteiger partial charge in [-0.1, -0.05) is 22.0 Å². The SMILES string of the molecule is COc1ccc(C(Br)c2cc(F)c(C)cc2F)cc1Br. The molecule has 0 aliphatic carbocycles. The highest BCUT2D eigenvalue weighted by Gasteiger charge is 2.18. The Morgan fingerprint density at radius 2 is 1.80 bits per heavy atom. The fourth-order valence-corrected chi connectivity index (χ4v) is 3.07. The van der Waals surface area contributed by atoms with Crippen LogP contribution in [0, 0.1) is 18.6 Å². The van der Waals surface area contributed by atoms with Gasteiger partial charge in [-0.25, -0.2) is 8.78 Å². The number of rotatable bonds is 3. The highest BCUT2D eigenvalue weighted by atomic mass is 79.9. The molecular weight excluding hydrogens is 394 g/mol. The second kappa shape index (κ2) is 6.22. The first kappa shape index (κ1) is 15.4. The van der Waals surface area contributed by atoms with E-state index in [4.69, 9.17) is 4.74 Å². The lowest BCUT2D eigenvalue weighted by Gasteiger charge is -2.14. The third-order valence-corrected chi connectivity index (χ3v) is 4.66. The molecule has 0 N–H and O–H groups in total. The molecule has 0 aromatic heterocycles. The van der Waals surface area contributed by atoms with Gasteiger partial charge in [0.15, 0.2) is 0 Å². The van der Waals surface area contributed by atoms with Crippen molar-refractivity contribution in [2.45, 2.75) is 11.8 Å². The smallest absolute Gasteiger partial charge is 0.133 e. The van der Waals surface area contributed by atoms with Crippen molar-refractivity contribution < 1.29 is 13.5 Å². The molecule has 0 saturated carbocycles. The molecule has 0 aliphatic rings. The van der Waals surface area contributed by atoms with Crippen LogP contribution in [0.3, 0.4) is 0 Å². The molecule has 0 fully saturated rings. The summed E-state index contributed by atoms with van der Waals surface area (Å²) in [5.41, 5.74) is 1.37. The van der Waals surface area contributed by atoms with Crippen molar-refractivity contribution in [2.24, 2.45) is 0 Å². The zero-order chi connectivity index (χ0) is 14.9. The molecule has 1 unspecified atom stereocenters. The molecule has 1 nitrogen and oxygen atoms in total. The molecule has 0 radical (unpaired) electrons. The van der Waals surface area contributed by atoms with E-state index >= 15 is 0 Å². The minimum atomic E-state index is -0.433. The maximum atomic E-state index is 14.0. The summed E-state index contributed by atoms with van der Waals surface area (Å²) in [6.45, 7) is 1.54. The van der Waals surface area contributed by atoms with Crippen LogP contribution in [-0.4, -0.2) is 7.11 Å². The average Bonchev–Trinajstić information content (AvgIpc) is 2.42. The van der Waals surface area contributed by atoms with Crippen LogP contribution in [0.1, 0.15) is 21.5 Å². The minimum Gasteiger partial charge on any atom is -0.496 e. The van der Waals surface area contributed by atoms with Gasteiger partial charge in [0, 0.05) is 5.56 Å². The van der Waals surface area contributed by atoms with Gasteiger partial charge in [0.2, 0.25) is 0 Å². The standard InChI is InChI=1S/C15H12Br2F2O/c1-8-5-13(19)10(7-12(8)18)15(17)9-3-4-14(20-2)11(16)6-9/h3-7,15H,1-2H3. The van der Waals surface area contributed by atoms with Crippen LogP contribution in [0.5, 0.6) is 5.75 Å². The Morgan fingerprint density at radius 3 is 2.40 bits per heavy atom. The van der Waals surface area contributed by atoms with Crippen molar-refractivity contribution in [1.82, 2.24) is 0 Å². The Kier molecular flexibility index (Phi) is 4.81. The molecular formula is C15H12Br2F2O. The van der Waals surface area contributed by atoms with Gasteiger partial charge in [-0.2, -0.15) is 0 Å². The number of benzene rings is 2. The number of hydrogen-bond donors (Lipinski definition) is 0. The molecule has 20 heavy (non-hydrogen) atoms. The summed E-state index contributed by atoms with van der Waals surface area (Å²) in [7, 11) is 1.57. The predicted molar refractivity (Wildman–Crippen MR) is 82.6 cm³/mol. The number of aryl methyl sites for hydroxylation is 1. The van der Waals surface area contributed by atoms with Crippen LogP contribution >= 0.6 is 31.9 Å². The number of hydrogen-bond acceptors (Lipinski definition) is 1. The second-order valence-electron chi connectivity index (χ2n) is 4.38. The maximum Gasteiger partial charge on any atom is 0.133 e. The van der Waals surface area contributed by atoms with Gasteiger partial charge in [0.1, 0.15) is 17.4 Å². The number of ether oxygens (including phenoxy) is 1. The van der Waals surface area contributed by atoms with E-state index in [-0.39, 0.29) is 5.56 Å². The highest BCUT2D eigenvalue weighted by molar-refractivity contribution is 9.10. The first-order valence-corrected chi connectivity index (χ1v) is 7.58. The van der Waals surface area contributed by atoms with Crippen LogP contribution in [0.4, 0.5) is 8.78 Å². The zero-order valence-corrected chi connectivity index (χ0v) is 14.1. The van der Waals surface area contributed by atoms with Crippen molar-refractivity contribution in [1.29, 1.82) is 0 Å². The third kappa shape index (κ3) is 3.04. The second-order valence-corrected chi connectivity index (χ2v) is 6.15. The molecule has 0 heterocycles. The fraction of sp³-hybridized carbons (Fsp3) is 0.200. The molecule has 1 atom stereocenters. The molecule has 2 aromatic rings. The van der Waals surface area contributed by atoms with Crippen molar-refractivity contribution >= 4 is 31.9 Å². The van der Waals surface area contributed by atoms with Gasteiger partial charge in [-0.15, -0.1) is 0 Å². The predicted octanol–water partition coefficient (Wildman–Crippen LogP) is 5.53.